The molecule has 0 amide bonds. The molecule has 0 atom stereocenters. The molecule has 0 unspecified atom stereocenters. The minimum Gasteiger partial charge on any atom is -0.462 e. The summed E-state index contributed by atoms with van der Waals surface area (Å²) in [5.41, 5.74) is 1.79. The van der Waals surface area contributed by atoms with E-state index in [1.54, 1.807) is 19.2 Å². The van der Waals surface area contributed by atoms with E-state index in [4.69, 9.17) is 4.74 Å². The second kappa shape index (κ2) is 4.57. The predicted molar refractivity (Wildman–Crippen MR) is 63.2 cm³/mol. The third-order valence-corrected chi connectivity index (χ3v) is 2.86. The Balaban J connectivity index is 2.56. The van der Waals surface area contributed by atoms with Crippen LogP contribution < -0.4 is 0 Å². The molecule has 0 aliphatic heterocycles. The van der Waals surface area contributed by atoms with Crippen LogP contribution in [0.4, 0.5) is 0 Å². The Kier molecular flexibility index (Phi) is 3.14. The lowest BCUT2D eigenvalue weighted by atomic mass is 10.2. The van der Waals surface area contributed by atoms with Crippen LogP contribution in [0.1, 0.15) is 17.3 Å². The Morgan fingerprint density at radius 2 is 2.31 bits per heavy atom. The van der Waals surface area contributed by atoms with Gasteiger partial charge in [-0.15, -0.1) is 0 Å². The van der Waals surface area contributed by atoms with E-state index in [9.17, 15) is 4.79 Å². The Hall–Kier alpha value is -1.49. The standard InChI is InChI=1S/C11H9BrN2O2/c1-2-16-11(15)7-6-14-8-4-3-5-13-10(8)9(7)12/h3-6H,2H2,1H3. The summed E-state index contributed by atoms with van der Waals surface area (Å²) in [6.45, 7) is 2.10. The van der Waals surface area contributed by atoms with Gasteiger partial charge in [-0.05, 0) is 35.0 Å². The molecule has 82 valence electrons. The number of rotatable bonds is 2. The zero-order valence-corrected chi connectivity index (χ0v) is 10.2. The molecule has 0 N–H and O–H groups in total. The largest absolute Gasteiger partial charge is 0.462 e. The van der Waals surface area contributed by atoms with Crippen LogP contribution in [0.15, 0.2) is 29.0 Å². The fourth-order valence-electron chi connectivity index (χ4n) is 1.34. The Labute approximate surface area is 101 Å². The first kappa shape index (κ1) is 11.0. The van der Waals surface area contributed by atoms with E-state index >= 15 is 0 Å². The van der Waals surface area contributed by atoms with Crippen molar-refractivity contribution in [2.45, 2.75) is 6.92 Å². The highest BCUT2D eigenvalue weighted by Crippen LogP contribution is 2.24. The quantitative estimate of drug-likeness (QED) is 0.794. The highest BCUT2D eigenvalue weighted by molar-refractivity contribution is 9.10. The fourth-order valence-corrected chi connectivity index (χ4v) is 1.91. The molecule has 2 heterocycles. The minimum absolute atomic E-state index is 0.339. The first-order valence-corrected chi connectivity index (χ1v) is 5.59. The van der Waals surface area contributed by atoms with E-state index in [0.717, 1.165) is 5.52 Å². The number of carbonyl (C=O) groups excluding carboxylic acids is 1. The van der Waals surface area contributed by atoms with Crippen LogP contribution >= 0.6 is 15.9 Å². The smallest absolute Gasteiger partial charge is 0.340 e. The molecule has 2 aromatic rings. The molecule has 0 spiro atoms. The number of nitrogens with zero attached hydrogens (tertiary/aromatic N) is 2. The van der Waals surface area contributed by atoms with Crippen LogP contribution in [0.2, 0.25) is 0 Å². The number of fused-ring (bicyclic) bond motifs is 1. The lowest BCUT2D eigenvalue weighted by Crippen LogP contribution is -2.06. The number of aromatic nitrogens is 2. The number of hydrogen-bond donors (Lipinski definition) is 0. The summed E-state index contributed by atoms with van der Waals surface area (Å²) in [5.74, 6) is -0.394. The number of ether oxygens (including phenoxy) is 1. The summed E-state index contributed by atoms with van der Waals surface area (Å²) in [4.78, 5) is 19.9. The molecule has 0 bridgehead atoms. The van der Waals surface area contributed by atoms with Gasteiger partial charge in [-0.1, -0.05) is 0 Å². The van der Waals surface area contributed by atoms with Crippen LogP contribution in [-0.2, 0) is 4.74 Å². The van der Waals surface area contributed by atoms with Crippen LogP contribution in [-0.4, -0.2) is 22.5 Å². The van der Waals surface area contributed by atoms with Gasteiger partial charge < -0.3 is 4.74 Å². The average Bonchev–Trinajstić information content (AvgIpc) is 2.30. The maximum absolute atomic E-state index is 11.6. The van der Waals surface area contributed by atoms with Crippen molar-refractivity contribution in [1.82, 2.24) is 9.97 Å². The lowest BCUT2D eigenvalue weighted by molar-refractivity contribution is 0.0525. The first-order chi connectivity index (χ1) is 7.74. The molecule has 4 nitrogen and oxygen atoms in total. The van der Waals surface area contributed by atoms with Gasteiger partial charge in [0.1, 0.15) is 5.52 Å². The Bertz CT molecular complexity index is 542. The van der Waals surface area contributed by atoms with Crippen molar-refractivity contribution in [3.05, 3.63) is 34.6 Å². The number of pyridine rings is 2. The summed E-state index contributed by atoms with van der Waals surface area (Å²) in [5, 5.41) is 0. The van der Waals surface area contributed by atoms with Crippen molar-refractivity contribution in [3.8, 4) is 0 Å². The fraction of sp³-hybridized carbons (Fsp3) is 0.182. The average molecular weight is 281 g/mol. The van der Waals surface area contributed by atoms with Crippen molar-refractivity contribution < 1.29 is 9.53 Å². The van der Waals surface area contributed by atoms with Crippen molar-refractivity contribution in [2.24, 2.45) is 0 Å². The van der Waals surface area contributed by atoms with E-state index in [2.05, 4.69) is 25.9 Å². The molecular formula is C11H9BrN2O2. The van der Waals surface area contributed by atoms with Gasteiger partial charge >= 0.3 is 5.97 Å². The van der Waals surface area contributed by atoms with Gasteiger partial charge in [-0.25, -0.2) is 4.79 Å². The van der Waals surface area contributed by atoms with Crippen LogP contribution in [0.5, 0.6) is 0 Å². The molecule has 16 heavy (non-hydrogen) atoms. The van der Waals surface area contributed by atoms with Crippen LogP contribution in [0, 0.1) is 0 Å². The molecule has 5 heteroatoms. The summed E-state index contributed by atoms with van der Waals surface area (Å²) >= 11 is 3.35. The third kappa shape index (κ3) is 1.90. The number of halogens is 1. The summed E-state index contributed by atoms with van der Waals surface area (Å²) in [6.07, 6.45) is 3.15. The van der Waals surface area contributed by atoms with Gasteiger partial charge in [0, 0.05) is 12.4 Å². The second-order valence-electron chi connectivity index (χ2n) is 3.08. The molecular weight excluding hydrogens is 272 g/mol. The summed E-state index contributed by atoms with van der Waals surface area (Å²) in [6, 6.07) is 3.63. The highest BCUT2D eigenvalue weighted by atomic mass is 79.9. The van der Waals surface area contributed by atoms with E-state index in [-0.39, 0.29) is 0 Å². The number of esters is 1. The molecule has 0 aliphatic carbocycles. The molecule has 2 rings (SSSR count). The molecule has 0 aromatic carbocycles. The van der Waals surface area contributed by atoms with E-state index in [1.807, 2.05) is 6.07 Å². The van der Waals surface area contributed by atoms with Crippen LogP contribution in [0.25, 0.3) is 11.0 Å². The molecule has 0 saturated carbocycles. The monoisotopic (exact) mass is 280 g/mol. The van der Waals surface area contributed by atoms with Gasteiger partial charge in [-0.3, -0.25) is 9.97 Å². The third-order valence-electron chi connectivity index (χ3n) is 2.06. The minimum atomic E-state index is -0.394. The first-order valence-electron chi connectivity index (χ1n) is 4.80. The molecule has 0 radical (unpaired) electrons. The maximum atomic E-state index is 11.6. The Morgan fingerprint density at radius 3 is 3.06 bits per heavy atom. The Morgan fingerprint density at radius 1 is 1.50 bits per heavy atom. The summed E-state index contributed by atoms with van der Waals surface area (Å²) in [7, 11) is 0. The second-order valence-corrected chi connectivity index (χ2v) is 3.87. The van der Waals surface area contributed by atoms with Crippen molar-refractivity contribution in [1.29, 1.82) is 0 Å². The van der Waals surface area contributed by atoms with Gasteiger partial charge in [-0.2, -0.15) is 0 Å². The lowest BCUT2D eigenvalue weighted by Gasteiger charge is -2.05. The molecule has 2 aromatic heterocycles. The molecule has 0 saturated heterocycles. The van der Waals surface area contributed by atoms with Gasteiger partial charge in [0.05, 0.1) is 22.2 Å². The van der Waals surface area contributed by atoms with E-state index < -0.39 is 5.97 Å². The number of hydrogen-bond acceptors (Lipinski definition) is 4. The predicted octanol–water partition coefficient (Wildman–Crippen LogP) is 2.57. The maximum Gasteiger partial charge on any atom is 0.340 e. The van der Waals surface area contributed by atoms with Crippen molar-refractivity contribution in [2.75, 3.05) is 6.61 Å². The highest BCUT2D eigenvalue weighted by Gasteiger charge is 2.14. The normalized spacial score (nSPS) is 10.4. The molecule has 0 fully saturated rings. The number of carbonyl (C=O) groups is 1. The molecule has 0 aliphatic rings. The van der Waals surface area contributed by atoms with Gasteiger partial charge in [0.2, 0.25) is 0 Å². The zero-order valence-electron chi connectivity index (χ0n) is 8.61. The van der Waals surface area contributed by atoms with Crippen LogP contribution in [0.3, 0.4) is 0 Å². The van der Waals surface area contributed by atoms with Gasteiger partial charge in [0.25, 0.3) is 0 Å². The zero-order chi connectivity index (χ0) is 11.5. The summed E-state index contributed by atoms with van der Waals surface area (Å²) < 4.78 is 5.54. The topological polar surface area (TPSA) is 52.1 Å². The van der Waals surface area contributed by atoms with Gasteiger partial charge in [0.15, 0.2) is 0 Å². The SMILES string of the molecule is CCOC(=O)c1cnc2cccnc2c1Br. The van der Waals surface area contributed by atoms with E-state index in [0.29, 0.717) is 22.2 Å². The van der Waals surface area contributed by atoms with Crippen molar-refractivity contribution >= 4 is 32.9 Å². The van der Waals surface area contributed by atoms with Crippen molar-refractivity contribution in [3.63, 3.8) is 0 Å². The van der Waals surface area contributed by atoms with E-state index in [1.165, 1.54) is 6.20 Å².